The number of hydrogen-bond acceptors (Lipinski definition) is 4. The molecule has 0 aliphatic heterocycles. The highest BCUT2D eigenvalue weighted by Gasteiger charge is 2.63. The quantitative estimate of drug-likeness (QED) is 0.499. The highest BCUT2D eigenvalue weighted by Crippen LogP contribution is 2.67. The highest BCUT2D eigenvalue weighted by atomic mass is 16.6. The summed E-state index contributed by atoms with van der Waals surface area (Å²) in [5.41, 5.74) is 0.678. The summed E-state index contributed by atoms with van der Waals surface area (Å²) >= 11 is 0. The van der Waals surface area contributed by atoms with E-state index in [0.29, 0.717) is 11.8 Å². The molecule has 0 saturated heterocycles. The van der Waals surface area contributed by atoms with Gasteiger partial charge in [0.2, 0.25) is 0 Å². The Morgan fingerprint density at radius 2 is 1.50 bits per heavy atom. The minimum absolute atomic E-state index is 0.0335. The lowest BCUT2D eigenvalue weighted by molar-refractivity contribution is -0.152. The number of hydrogen-bond donors (Lipinski definition) is 0. The SMILES string of the molecule is CC1(C)[C@H]2CC[C@]1(C)C[C@H]2OC(=O)/C=C\C(=O)O[C@@H]1C[C@H]2CC[C@@]1(C)C2(C)C. The fourth-order valence-corrected chi connectivity index (χ4v) is 7.14. The van der Waals surface area contributed by atoms with Crippen LogP contribution >= 0.6 is 0 Å². The van der Waals surface area contributed by atoms with Crippen LogP contribution in [-0.2, 0) is 19.1 Å². The minimum Gasteiger partial charge on any atom is -0.459 e. The van der Waals surface area contributed by atoms with E-state index in [4.69, 9.17) is 9.47 Å². The summed E-state index contributed by atoms with van der Waals surface area (Å²) in [6.45, 7) is 13.7. The Morgan fingerprint density at radius 3 is 1.96 bits per heavy atom. The largest absolute Gasteiger partial charge is 0.459 e. The van der Waals surface area contributed by atoms with Gasteiger partial charge in [0.1, 0.15) is 12.2 Å². The number of fused-ring (bicyclic) bond motifs is 4. The smallest absolute Gasteiger partial charge is 0.331 e. The van der Waals surface area contributed by atoms with Gasteiger partial charge in [-0.05, 0) is 60.7 Å². The first-order valence-electron chi connectivity index (χ1n) is 11.0. The van der Waals surface area contributed by atoms with Crippen LogP contribution in [0.15, 0.2) is 12.2 Å². The second-order valence-corrected chi connectivity index (χ2v) is 11.5. The Kier molecular flexibility index (Phi) is 4.34. The van der Waals surface area contributed by atoms with Crippen molar-refractivity contribution in [3.8, 4) is 0 Å². The first-order valence-corrected chi connectivity index (χ1v) is 11.0. The topological polar surface area (TPSA) is 52.6 Å². The zero-order valence-corrected chi connectivity index (χ0v) is 18.3. The third-order valence-electron chi connectivity index (χ3n) is 10.2. The van der Waals surface area contributed by atoms with E-state index in [0.717, 1.165) is 25.7 Å². The van der Waals surface area contributed by atoms with Crippen LogP contribution in [0.3, 0.4) is 0 Å². The van der Waals surface area contributed by atoms with Gasteiger partial charge in [0, 0.05) is 23.5 Å². The van der Waals surface area contributed by atoms with Crippen LogP contribution in [0, 0.1) is 33.5 Å². The van der Waals surface area contributed by atoms with Crippen LogP contribution in [0.5, 0.6) is 0 Å². The maximum atomic E-state index is 12.3. The second kappa shape index (κ2) is 6.09. The molecule has 0 unspecified atom stereocenters. The van der Waals surface area contributed by atoms with Gasteiger partial charge in [0.15, 0.2) is 0 Å². The fraction of sp³-hybridized carbons (Fsp3) is 0.833. The molecule has 4 nitrogen and oxygen atoms in total. The van der Waals surface area contributed by atoms with E-state index in [1.165, 1.54) is 25.0 Å². The van der Waals surface area contributed by atoms with Gasteiger partial charge in [-0.25, -0.2) is 9.59 Å². The molecule has 4 aliphatic rings. The van der Waals surface area contributed by atoms with Gasteiger partial charge in [0.25, 0.3) is 0 Å². The standard InChI is InChI=1S/C24H36O4/c1-21(2)15-9-12-24(21,6)18(13-15)28-20(26)8-7-19(25)27-17-14-23(5)11-10-16(17)22(23,3)4/h7-8,15-18H,9-14H2,1-6H3/b8-7-/t15-,16+,17-,18-,23-,24-/m1/s1. The van der Waals surface area contributed by atoms with Gasteiger partial charge >= 0.3 is 11.9 Å². The van der Waals surface area contributed by atoms with E-state index in [9.17, 15) is 9.59 Å². The lowest BCUT2D eigenvalue weighted by Crippen LogP contribution is -2.38. The van der Waals surface area contributed by atoms with Crippen molar-refractivity contribution in [3.05, 3.63) is 12.2 Å². The second-order valence-electron chi connectivity index (χ2n) is 11.5. The highest BCUT2D eigenvalue weighted by molar-refractivity contribution is 5.91. The molecule has 0 spiro atoms. The summed E-state index contributed by atoms with van der Waals surface area (Å²) in [5.74, 6) is 0.185. The molecule has 0 amide bonds. The van der Waals surface area contributed by atoms with Crippen LogP contribution < -0.4 is 0 Å². The predicted octanol–water partition coefficient (Wildman–Crippen LogP) is 5.06. The zero-order valence-electron chi connectivity index (χ0n) is 18.3. The fourth-order valence-electron chi connectivity index (χ4n) is 7.14. The Morgan fingerprint density at radius 1 is 0.857 bits per heavy atom. The van der Waals surface area contributed by atoms with Crippen molar-refractivity contribution in [2.75, 3.05) is 0 Å². The average molecular weight is 389 g/mol. The molecule has 0 N–H and O–H groups in total. The van der Waals surface area contributed by atoms with Crippen LogP contribution in [0.4, 0.5) is 0 Å². The van der Waals surface area contributed by atoms with E-state index >= 15 is 0 Å². The van der Waals surface area contributed by atoms with Crippen LogP contribution in [0.25, 0.3) is 0 Å². The van der Waals surface area contributed by atoms with Crippen molar-refractivity contribution >= 4 is 11.9 Å². The molecule has 0 radical (unpaired) electrons. The Bertz CT molecular complexity index is 717. The third kappa shape index (κ3) is 2.62. The first kappa shape index (κ1) is 20.0. The lowest BCUT2D eigenvalue weighted by atomic mass is 9.70. The van der Waals surface area contributed by atoms with Crippen molar-refractivity contribution in [2.24, 2.45) is 33.5 Å². The van der Waals surface area contributed by atoms with Gasteiger partial charge in [-0.3, -0.25) is 0 Å². The predicted molar refractivity (Wildman–Crippen MR) is 107 cm³/mol. The Labute approximate surface area is 169 Å². The molecular formula is C24H36O4. The molecule has 4 aliphatic carbocycles. The van der Waals surface area contributed by atoms with Crippen molar-refractivity contribution in [3.63, 3.8) is 0 Å². The molecule has 28 heavy (non-hydrogen) atoms. The number of ether oxygens (including phenoxy) is 2. The van der Waals surface area contributed by atoms with Crippen molar-refractivity contribution in [1.29, 1.82) is 0 Å². The lowest BCUT2D eigenvalue weighted by Gasteiger charge is -2.38. The molecule has 0 heterocycles. The number of rotatable bonds is 4. The van der Waals surface area contributed by atoms with Crippen molar-refractivity contribution in [1.82, 2.24) is 0 Å². The van der Waals surface area contributed by atoms with Crippen molar-refractivity contribution < 1.29 is 19.1 Å². The van der Waals surface area contributed by atoms with E-state index in [2.05, 4.69) is 41.5 Å². The summed E-state index contributed by atoms with van der Waals surface area (Å²) in [6.07, 6.45) is 8.92. The summed E-state index contributed by atoms with van der Waals surface area (Å²) in [7, 11) is 0. The van der Waals surface area contributed by atoms with Crippen LogP contribution in [0.2, 0.25) is 0 Å². The Balaban J connectivity index is 1.32. The van der Waals surface area contributed by atoms with Gasteiger partial charge in [0.05, 0.1) is 0 Å². The Hall–Kier alpha value is -1.32. The summed E-state index contributed by atoms with van der Waals surface area (Å²) in [4.78, 5) is 24.6. The number of carbonyl (C=O) groups excluding carboxylic acids is 2. The normalized spacial score (nSPS) is 44.9. The van der Waals surface area contributed by atoms with Gasteiger partial charge in [-0.1, -0.05) is 41.5 Å². The minimum atomic E-state index is -0.424. The third-order valence-corrected chi connectivity index (χ3v) is 10.2. The summed E-state index contributed by atoms with van der Waals surface area (Å²) < 4.78 is 11.5. The van der Waals surface area contributed by atoms with Crippen molar-refractivity contribution in [2.45, 2.75) is 92.3 Å². The van der Waals surface area contributed by atoms with E-state index in [-0.39, 0.29) is 33.9 Å². The van der Waals surface area contributed by atoms with Crippen LogP contribution in [0.1, 0.15) is 80.1 Å². The number of carbonyl (C=O) groups is 2. The summed E-state index contributed by atoms with van der Waals surface area (Å²) in [5, 5.41) is 0. The average Bonchev–Trinajstić information content (AvgIpc) is 3.11. The molecule has 4 bridgehead atoms. The molecule has 4 rings (SSSR count). The first-order chi connectivity index (χ1) is 12.9. The van der Waals surface area contributed by atoms with Gasteiger partial charge < -0.3 is 9.47 Å². The van der Waals surface area contributed by atoms with Gasteiger partial charge in [-0.15, -0.1) is 0 Å². The van der Waals surface area contributed by atoms with E-state index in [1.54, 1.807) is 0 Å². The molecule has 4 heteroatoms. The molecular weight excluding hydrogens is 352 g/mol. The molecule has 4 fully saturated rings. The van der Waals surface area contributed by atoms with E-state index in [1.807, 2.05) is 0 Å². The molecule has 0 aromatic heterocycles. The maximum absolute atomic E-state index is 12.3. The number of esters is 2. The molecule has 0 aromatic rings. The summed E-state index contributed by atoms with van der Waals surface area (Å²) in [6, 6.07) is 0. The monoisotopic (exact) mass is 388 g/mol. The molecule has 6 atom stereocenters. The van der Waals surface area contributed by atoms with Crippen LogP contribution in [-0.4, -0.2) is 24.1 Å². The zero-order chi connectivity index (χ0) is 20.5. The maximum Gasteiger partial charge on any atom is 0.331 e. The molecule has 4 saturated carbocycles. The molecule has 156 valence electrons. The van der Waals surface area contributed by atoms with E-state index < -0.39 is 11.9 Å². The molecule has 0 aromatic carbocycles. The van der Waals surface area contributed by atoms with Gasteiger partial charge in [-0.2, -0.15) is 0 Å².